The van der Waals surface area contributed by atoms with Crippen LogP contribution in [0.2, 0.25) is 0 Å². The van der Waals surface area contributed by atoms with Crippen molar-refractivity contribution in [3.8, 4) is 5.75 Å². The number of anilines is 2. The quantitative estimate of drug-likeness (QED) is 0.395. The van der Waals surface area contributed by atoms with Gasteiger partial charge in [-0.15, -0.1) is 0 Å². The van der Waals surface area contributed by atoms with E-state index in [1.54, 1.807) is 31.2 Å². The Bertz CT molecular complexity index is 1290. The Morgan fingerprint density at radius 2 is 1.76 bits per heavy atom. The topological polar surface area (TPSA) is 111 Å². The van der Waals surface area contributed by atoms with Crippen LogP contribution >= 0.6 is 0 Å². The number of sulfonamides is 1. The van der Waals surface area contributed by atoms with E-state index in [9.17, 15) is 22.0 Å². The fourth-order valence-corrected chi connectivity index (χ4v) is 4.61. The van der Waals surface area contributed by atoms with E-state index in [2.05, 4.69) is 10.0 Å². The minimum atomic E-state index is -3.95. The first kappa shape index (κ1) is 25.0. The van der Waals surface area contributed by atoms with E-state index in [-0.39, 0.29) is 35.6 Å². The van der Waals surface area contributed by atoms with Crippen molar-refractivity contribution in [2.24, 2.45) is 0 Å². The van der Waals surface area contributed by atoms with Gasteiger partial charge in [-0.1, -0.05) is 12.1 Å². The summed E-state index contributed by atoms with van der Waals surface area (Å²) in [5, 5.41) is 2.49. The molecule has 0 radical (unpaired) electrons. The molecule has 3 aromatic rings. The number of halogens is 2. The van der Waals surface area contributed by atoms with Crippen LogP contribution in [0.25, 0.3) is 0 Å². The summed E-state index contributed by atoms with van der Waals surface area (Å²) < 4.78 is 61.0. The summed E-state index contributed by atoms with van der Waals surface area (Å²) in [6.45, 7) is 1.47. The molecule has 3 aromatic carbocycles. The van der Waals surface area contributed by atoms with Gasteiger partial charge in [0.1, 0.15) is 22.3 Å². The van der Waals surface area contributed by atoms with Gasteiger partial charge in [-0.05, 0) is 66.9 Å². The van der Waals surface area contributed by atoms with Gasteiger partial charge in [0.15, 0.2) is 0 Å². The van der Waals surface area contributed by atoms with Gasteiger partial charge in [-0.2, -0.15) is 0 Å². The zero-order chi connectivity index (χ0) is 24.9. The number of rotatable bonds is 9. The average molecular weight is 490 g/mol. The molecule has 0 unspecified atom stereocenters. The minimum Gasteiger partial charge on any atom is -0.495 e. The van der Waals surface area contributed by atoms with Gasteiger partial charge >= 0.3 is 0 Å². The molecule has 0 fully saturated rings. The molecule has 7 nitrogen and oxygen atoms in total. The van der Waals surface area contributed by atoms with Crippen molar-refractivity contribution < 1.29 is 26.7 Å². The summed E-state index contributed by atoms with van der Waals surface area (Å²) in [5.41, 5.74) is 7.74. The fraction of sp³-hybridized carbons (Fsp3) is 0.208. The Balaban J connectivity index is 1.66. The molecule has 0 bridgehead atoms. The molecule has 4 N–H and O–H groups in total. The zero-order valence-electron chi connectivity index (χ0n) is 18.7. The van der Waals surface area contributed by atoms with Crippen LogP contribution in [0.15, 0.2) is 59.5 Å². The number of benzene rings is 3. The number of methoxy groups -OCH3 is 1. The molecule has 0 saturated carbocycles. The van der Waals surface area contributed by atoms with Crippen molar-refractivity contribution in [3.63, 3.8) is 0 Å². The molecule has 34 heavy (non-hydrogen) atoms. The van der Waals surface area contributed by atoms with Gasteiger partial charge in [0.05, 0.1) is 12.8 Å². The molecular formula is C24H25F2N3O4S. The maximum Gasteiger partial charge on any atom is 0.265 e. The number of carbonyl (C=O) groups excluding carboxylic acids is 1. The Morgan fingerprint density at radius 3 is 2.41 bits per heavy atom. The van der Waals surface area contributed by atoms with Crippen molar-refractivity contribution >= 4 is 27.3 Å². The summed E-state index contributed by atoms with van der Waals surface area (Å²) in [4.78, 5) is 12.1. The van der Waals surface area contributed by atoms with Crippen molar-refractivity contribution in [1.82, 2.24) is 5.32 Å². The molecule has 0 aromatic heterocycles. The lowest BCUT2D eigenvalue weighted by atomic mass is 10.1. The largest absolute Gasteiger partial charge is 0.495 e. The third-order valence-electron chi connectivity index (χ3n) is 5.18. The predicted molar refractivity (Wildman–Crippen MR) is 126 cm³/mol. The second-order valence-corrected chi connectivity index (χ2v) is 9.29. The fourth-order valence-electron chi connectivity index (χ4n) is 3.33. The lowest BCUT2D eigenvalue weighted by Crippen LogP contribution is -2.24. The van der Waals surface area contributed by atoms with Gasteiger partial charge in [-0.3, -0.25) is 9.52 Å². The van der Waals surface area contributed by atoms with E-state index >= 15 is 0 Å². The Morgan fingerprint density at radius 1 is 1.06 bits per heavy atom. The number of amides is 1. The molecular weight excluding hydrogens is 464 g/mol. The number of nitrogen functional groups attached to an aromatic ring is 1. The van der Waals surface area contributed by atoms with E-state index in [1.807, 2.05) is 0 Å². The highest BCUT2D eigenvalue weighted by Crippen LogP contribution is 2.29. The summed E-state index contributed by atoms with van der Waals surface area (Å²) in [7, 11) is -2.60. The second-order valence-electron chi connectivity index (χ2n) is 7.64. The molecule has 0 aliphatic rings. The van der Waals surface area contributed by atoms with Crippen LogP contribution < -0.4 is 20.5 Å². The number of carbonyl (C=O) groups is 1. The maximum atomic E-state index is 13.7. The SMILES string of the molecule is COc1cc(CCC(=O)NCc2c(F)cccc2F)ccc1S(=O)(=O)Nc1ccc(N)cc1C. The molecule has 180 valence electrons. The minimum absolute atomic E-state index is 0.0359. The number of ether oxygens (including phenoxy) is 1. The second kappa shape index (κ2) is 10.5. The lowest BCUT2D eigenvalue weighted by Gasteiger charge is -2.14. The summed E-state index contributed by atoms with van der Waals surface area (Å²) in [6.07, 6.45) is 0.307. The Hall–Kier alpha value is -3.66. The van der Waals surface area contributed by atoms with Gasteiger partial charge in [0.2, 0.25) is 5.91 Å². The monoisotopic (exact) mass is 489 g/mol. The normalized spacial score (nSPS) is 11.2. The van der Waals surface area contributed by atoms with Crippen LogP contribution in [-0.2, 0) is 27.8 Å². The van der Waals surface area contributed by atoms with Gasteiger partial charge < -0.3 is 15.8 Å². The summed E-state index contributed by atoms with van der Waals surface area (Å²) >= 11 is 0. The molecule has 10 heteroatoms. The van der Waals surface area contributed by atoms with E-state index in [0.717, 1.165) is 12.1 Å². The van der Waals surface area contributed by atoms with Crippen molar-refractivity contribution in [2.45, 2.75) is 31.2 Å². The first-order valence-electron chi connectivity index (χ1n) is 10.4. The molecule has 0 saturated heterocycles. The smallest absolute Gasteiger partial charge is 0.265 e. The number of nitrogens with one attached hydrogen (secondary N) is 2. The van der Waals surface area contributed by atoms with Crippen LogP contribution in [0.1, 0.15) is 23.1 Å². The molecule has 3 rings (SSSR count). The predicted octanol–water partition coefficient (Wildman–Crippen LogP) is 3.91. The number of hydrogen-bond donors (Lipinski definition) is 3. The molecule has 0 aliphatic carbocycles. The molecule has 0 aliphatic heterocycles. The highest BCUT2D eigenvalue weighted by Gasteiger charge is 2.21. The lowest BCUT2D eigenvalue weighted by molar-refractivity contribution is -0.121. The Labute approximate surface area is 197 Å². The number of hydrogen-bond acceptors (Lipinski definition) is 5. The van der Waals surface area contributed by atoms with Gasteiger partial charge in [-0.25, -0.2) is 17.2 Å². The average Bonchev–Trinajstić information content (AvgIpc) is 2.79. The number of aryl methyl sites for hydroxylation is 2. The third-order valence-corrected chi connectivity index (χ3v) is 6.58. The van der Waals surface area contributed by atoms with E-state index in [4.69, 9.17) is 10.5 Å². The summed E-state index contributed by atoms with van der Waals surface area (Å²) in [5.74, 6) is -1.75. The highest BCUT2D eigenvalue weighted by atomic mass is 32.2. The Kier molecular flexibility index (Phi) is 7.72. The van der Waals surface area contributed by atoms with Crippen molar-refractivity contribution in [1.29, 1.82) is 0 Å². The standard InChI is InChI=1S/C24H25F2N3O4S/c1-15-12-17(27)8-9-21(15)29-34(31,32)23-10-6-16(13-22(23)33-2)7-11-24(30)28-14-18-19(25)4-3-5-20(18)26/h3-6,8-10,12-13,29H,7,11,14,27H2,1-2H3,(H,28,30). The van der Waals surface area contributed by atoms with E-state index in [0.29, 0.717) is 22.5 Å². The van der Waals surface area contributed by atoms with Crippen LogP contribution in [0.3, 0.4) is 0 Å². The number of nitrogens with two attached hydrogens (primary N) is 1. The molecule has 0 heterocycles. The highest BCUT2D eigenvalue weighted by molar-refractivity contribution is 7.92. The van der Waals surface area contributed by atoms with Crippen LogP contribution in [0.4, 0.5) is 20.2 Å². The maximum absolute atomic E-state index is 13.7. The van der Waals surface area contributed by atoms with Crippen LogP contribution in [0.5, 0.6) is 5.75 Å². The van der Waals surface area contributed by atoms with Crippen molar-refractivity contribution in [3.05, 3.63) is 82.9 Å². The third kappa shape index (κ3) is 6.02. The van der Waals surface area contributed by atoms with Gasteiger partial charge in [0.25, 0.3) is 10.0 Å². The van der Waals surface area contributed by atoms with Crippen molar-refractivity contribution in [2.75, 3.05) is 17.6 Å². The first-order valence-corrected chi connectivity index (χ1v) is 11.8. The van der Waals surface area contributed by atoms with Crippen LogP contribution in [-0.4, -0.2) is 21.4 Å². The first-order chi connectivity index (χ1) is 16.1. The molecule has 1 amide bonds. The summed E-state index contributed by atoms with van der Waals surface area (Å²) in [6, 6.07) is 12.8. The van der Waals surface area contributed by atoms with E-state index in [1.165, 1.54) is 25.3 Å². The van der Waals surface area contributed by atoms with Crippen LogP contribution in [0, 0.1) is 18.6 Å². The molecule has 0 spiro atoms. The zero-order valence-corrected chi connectivity index (χ0v) is 19.5. The molecule has 0 atom stereocenters. The van der Waals surface area contributed by atoms with Gasteiger partial charge in [0, 0.05) is 24.2 Å². The van der Waals surface area contributed by atoms with E-state index < -0.39 is 27.6 Å².